The number of phenolic OH excluding ortho intramolecular Hbond substituents is 1. The molecule has 0 atom stereocenters. The van der Waals surface area contributed by atoms with Gasteiger partial charge >= 0.3 is 0 Å². The zero-order valence-electron chi connectivity index (χ0n) is 13.0. The summed E-state index contributed by atoms with van der Waals surface area (Å²) in [4.78, 5) is 0.0705. The Bertz CT molecular complexity index is 836. The average Bonchev–Trinajstić information content (AvgIpc) is 2.44. The molecule has 0 saturated carbocycles. The van der Waals surface area contributed by atoms with Crippen LogP contribution in [0.5, 0.6) is 5.75 Å². The lowest BCUT2D eigenvalue weighted by Gasteiger charge is -2.10. The van der Waals surface area contributed by atoms with E-state index in [0.717, 1.165) is 0 Å². The zero-order chi connectivity index (χ0) is 17.2. The van der Waals surface area contributed by atoms with E-state index in [1.165, 1.54) is 24.3 Å². The molecule has 23 heavy (non-hydrogen) atoms. The second kappa shape index (κ2) is 6.60. The molecule has 0 bridgehead atoms. The van der Waals surface area contributed by atoms with Gasteiger partial charge in [0.25, 0.3) is 10.0 Å². The fraction of sp³-hybridized carbons (Fsp3) is 0.188. The number of aromatic hydroxyl groups is 1. The first-order valence-electron chi connectivity index (χ1n) is 6.83. The molecule has 5 nitrogen and oxygen atoms in total. The van der Waals surface area contributed by atoms with Crippen LogP contribution in [-0.2, 0) is 10.0 Å². The van der Waals surface area contributed by atoms with E-state index in [1.54, 1.807) is 32.9 Å². The largest absolute Gasteiger partial charge is 0.507 e. The third kappa shape index (κ3) is 4.24. The molecule has 0 aliphatic rings. The van der Waals surface area contributed by atoms with Crippen LogP contribution in [-0.4, -0.2) is 19.4 Å². The summed E-state index contributed by atoms with van der Waals surface area (Å²) in [7, 11) is -3.81. The summed E-state index contributed by atoms with van der Waals surface area (Å²) < 4.78 is 28.2. The van der Waals surface area contributed by atoms with Gasteiger partial charge < -0.3 is 10.4 Å². The molecule has 0 aromatic heterocycles. The first-order chi connectivity index (χ1) is 10.7. The molecule has 7 heteroatoms. The Labute approximate surface area is 140 Å². The highest BCUT2D eigenvalue weighted by atomic mass is 35.5. The number of aryl methyl sites for hydroxylation is 2. The molecule has 0 saturated heterocycles. The Hall–Kier alpha value is -2.05. The van der Waals surface area contributed by atoms with Crippen molar-refractivity contribution in [1.29, 1.82) is 0 Å². The van der Waals surface area contributed by atoms with Crippen LogP contribution < -0.4 is 5.32 Å². The monoisotopic (exact) mass is 352 g/mol. The number of hydrogen-bond acceptors (Lipinski definition) is 3. The quantitative estimate of drug-likeness (QED) is 0.499. The van der Waals surface area contributed by atoms with Gasteiger partial charge in [-0.2, -0.15) is 8.42 Å². The molecule has 0 amide bonds. The maximum absolute atomic E-state index is 12.2. The van der Waals surface area contributed by atoms with Crippen LogP contribution in [0.3, 0.4) is 0 Å². The lowest BCUT2D eigenvalue weighted by Crippen LogP contribution is -2.11. The molecular formula is C16H17ClN2O3S. The Morgan fingerprint density at radius 2 is 1.65 bits per heavy atom. The minimum atomic E-state index is -3.81. The van der Waals surface area contributed by atoms with E-state index in [1.807, 2.05) is 0 Å². The van der Waals surface area contributed by atoms with Gasteiger partial charge in [0.1, 0.15) is 11.6 Å². The molecule has 2 aromatic rings. The van der Waals surface area contributed by atoms with Crippen LogP contribution >= 0.6 is 11.6 Å². The van der Waals surface area contributed by atoms with Crippen molar-refractivity contribution in [2.45, 2.75) is 25.7 Å². The van der Waals surface area contributed by atoms with E-state index >= 15 is 0 Å². The lowest BCUT2D eigenvalue weighted by atomic mass is 10.1. The third-order valence-electron chi connectivity index (χ3n) is 3.18. The van der Waals surface area contributed by atoms with Crippen LogP contribution in [0.1, 0.15) is 18.1 Å². The van der Waals surface area contributed by atoms with Crippen molar-refractivity contribution in [2.75, 3.05) is 5.32 Å². The van der Waals surface area contributed by atoms with Crippen LogP contribution in [0.25, 0.3) is 0 Å². The fourth-order valence-corrected chi connectivity index (χ4v) is 3.22. The van der Waals surface area contributed by atoms with Crippen LogP contribution in [0.2, 0.25) is 5.02 Å². The number of phenols is 1. The second-order valence-electron chi connectivity index (χ2n) is 5.19. The van der Waals surface area contributed by atoms with Crippen LogP contribution in [0, 0.1) is 13.8 Å². The van der Waals surface area contributed by atoms with E-state index < -0.39 is 10.0 Å². The smallest absolute Gasteiger partial charge is 0.283 e. The number of nitrogens with one attached hydrogen (secondary N) is 1. The van der Waals surface area contributed by atoms with E-state index in [4.69, 9.17) is 11.6 Å². The van der Waals surface area contributed by atoms with Crippen molar-refractivity contribution in [3.63, 3.8) is 0 Å². The molecule has 0 heterocycles. The van der Waals surface area contributed by atoms with Crippen molar-refractivity contribution in [2.24, 2.45) is 4.40 Å². The highest BCUT2D eigenvalue weighted by Gasteiger charge is 2.13. The van der Waals surface area contributed by atoms with Gasteiger partial charge in [0.05, 0.1) is 4.90 Å². The molecule has 0 aliphatic heterocycles. The van der Waals surface area contributed by atoms with Crippen LogP contribution in [0.15, 0.2) is 45.7 Å². The summed E-state index contributed by atoms with van der Waals surface area (Å²) in [6.45, 7) is 5.10. The predicted octanol–water partition coefficient (Wildman–Crippen LogP) is 3.88. The molecule has 122 valence electrons. The van der Waals surface area contributed by atoms with E-state index in [9.17, 15) is 13.5 Å². The van der Waals surface area contributed by atoms with Gasteiger partial charge in [-0.05, 0) is 68.3 Å². The predicted molar refractivity (Wildman–Crippen MR) is 93.0 cm³/mol. The molecule has 2 aromatic carbocycles. The summed E-state index contributed by atoms with van der Waals surface area (Å²) in [6.07, 6.45) is 0. The summed E-state index contributed by atoms with van der Waals surface area (Å²) in [5.74, 6) is 0.448. The van der Waals surface area contributed by atoms with Crippen molar-refractivity contribution < 1.29 is 13.5 Å². The Morgan fingerprint density at radius 3 is 2.17 bits per heavy atom. The van der Waals surface area contributed by atoms with Crippen molar-refractivity contribution in [3.8, 4) is 5.75 Å². The minimum absolute atomic E-state index is 0.0705. The van der Waals surface area contributed by atoms with Crippen molar-refractivity contribution in [1.82, 2.24) is 0 Å². The number of nitrogens with zero attached hydrogens (tertiary/aromatic N) is 1. The van der Waals surface area contributed by atoms with Gasteiger partial charge in [-0.3, -0.25) is 0 Å². The van der Waals surface area contributed by atoms with Gasteiger partial charge in [0.15, 0.2) is 0 Å². The fourth-order valence-electron chi connectivity index (χ4n) is 2.10. The van der Waals surface area contributed by atoms with E-state index in [0.29, 0.717) is 21.8 Å². The van der Waals surface area contributed by atoms with E-state index in [2.05, 4.69) is 9.71 Å². The molecule has 0 spiro atoms. The average molecular weight is 353 g/mol. The molecule has 2 rings (SSSR count). The normalized spacial score (nSPS) is 12.3. The first kappa shape index (κ1) is 17.3. The van der Waals surface area contributed by atoms with Gasteiger partial charge in [-0.15, -0.1) is 4.40 Å². The number of hydrogen-bond donors (Lipinski definition) is 2. The highest BCUT2D eigenvalue weighted by Crippen LogP contribution is 2.25. The minimum Gasteiger partial charge on any atom is -0.507 e. The molecule has 0 radical (unpaired) electrons. The van der Waals surface area contributed by atoms with Gasteiger partial charge in [0.2, 0.25) is 0 Å². The molecular weight excluding hydrogens is 336 g/mol. The Kier molecular flexibility index (Phi) is 4.97. The number of benzene rings is 2. The summed E-state index contributed by atoms with van der Waals surface area (Å²) in [6, 6.07) is 9.25. The summed E-state index contributed by atoms with van der Waals surface area (Å²) in [5.41, 5.74) is 2.05. The maximum atomic E-state index is 12.2. The lowest BCUT2D eigenvalue weighted by molar-refractivity contribution is 0.467. The maximum Gasteiger partial charge on any atom is 0.283 e. The number of rotatable bonds is 3. The second-order valence-corrected chi connectivity index (χ2v) is 7.23. The van der Waals surface area contributed by atoms with Gasteiger partial charge in [-0.25, -0.2) is 0 Å². The topological polar surface area (TPSA) is 78.8 Å². The molecule has 2 N–H and O–H groups in total. The highest BCUT2D eigenvalue weighted by molar-refractivity contribution is 7.90. The van der Waals surface area contributed by atoms with Gasteiger partial charge in [0, 0.05) is 10.7 Å². The standard InChI is InChI=1S/C16H17ClN2O3S/c1-10-8-14(9-11(2)16(10)20)18-12(3)19-23(21,22)15-6-4-13(17)5-7-15/h4-9,20H,1-3H3,(H,18,19). The van der Waals surface area contributed by atoms with E-state index in [-0.39, 0.29) is 16.5 Å². The molecule has 0 unspecified atom stereocenters. The molecule has 0 fully saturated rings. The molecule has 0 aliphatic carbocycles. The number of amidine groups is 1. The Balaban J connectivity index is 2.27. The Morgan fingerprint density at radius 1 is 1.13 bits per heavy atom. The first-order valence-corrected chi connectivity index (χ1v) is 8.65. The summed E-state index contributed by atoms with van der Waals surface area (Å²) >= 11 is 5.75. The number of anilines is 1. The number of sulfonamides is 1. The van der Waals surface area contributed by atoms with Gasteiger partial charge in [-0.1, -0.05) is 11.6 Å². The SMILES string of the molecule is CC(=NS(=O)(=O)c1ccc(Cl)cc1)Nc1cc(C)c(O)c(C)c1. The number of halogens is 1. The van der Waals surface area contributed by atoms with Crippen molar-refractivity contribution >= 4 is 33.1 Å². The van der Waals surface area contributed by atoms with Crippen molar-refractivity contribution in [3.05, 3.63) is 52.5 Å². The third-order valence-corrected chi connectivity index (χ3v) is 4.82. The zero-order valence-corrected chi connectivity index (χ0v) is 14.5. The summed E-state index contributed by atoms with van der Waals surface area (Å²) in [5, 5.41) is 13.1. The van der Waals surface area contributed by atoms with Crippen LogP contribution in [0.4, 0.5) is 5.69 Å².